The van der Waals surface area contributed by atoms with E-state index in [9.17, 15) is 9.65 Å². The van der Waals surface area contributed by atoms with Crippen molar-refractivity contribution in [3.63, 3.8) is 0 Å². The van der Waals surface area contributed by atoms with Gasteiger partial charge in [0, 0.05) is 43.2 Å². The number of hydrogen-bond acceptors (Lipinski definition) is 8. The lowest BCUT2D eigenvalue weighted by atomic mass is 9.82. The number of benzene rings is 1. The van der Waals surface area contributed by atoms with E-state index < -0.39 is 6.04 Å². The summed E-state index contributed by atoms with van der Waals surface area (Å²) in [7, 11) is 0. The number of nitriles is 1. The zero-order chi connectivity index (χ0) is 26.4. The van der Waals surface area contributed by atoms with E-state index in [1.807, 2.05) is 6.07 Å². The van der Waals surface area contributed by atoms with Crippen LogP contribution in [0.1, 0.15) is 32.3 Å². The van der Waals surface area contributed by atoms with Crippen LogP contribution in [0.3, 0.4) is 0 Å². The molecule has 0 aliphatic carbocycles. The molecule has 1 aromatic carbocycles. The van der Waals surface area contributed by atoms with Gasteiger partial charge in [0.15, 0.2) is 0 Å². The van der Waals surface area contributed by atoms with E-state index in [2.05, 4.69) is 51.6 Å². The summed E-state index contributed by atoms with van der Waals surface area (Å²) in [6.45, 7) is 10.1. The van der Waals surface area contributed by atoms with E-state index in [4.69, 9.17) is 16.3 Å². The molecule has 4 rings (SSSR count). The van der Waals surface area contributed by atoms with Crippen molar-refractivity contribution in [2.45, 2.75) is 32.7 Å². The molecule has 0 radical (unpaired) electrons. The molecule has 2 aromatic rings. The average Bonchev–Trinajstić information content (AvgIpc) is 3.44. The number of anilines is 2. The van der Waals surface area contributed by atoms with E-state index in [0.717, 1.165) is 37.1 Å². The fourth-order valence-corrected chi connectivity index (χ4v) is 4.56. The van der Waals surface area contributed by atoms with Gasteiger partial charge in [-0.15, -0.1) is 0 Å². The summed E-state index contributed by atoms with van der Waals surface area (Å²) in [6, 6.07) is 5.51. The van der Waals surface area contributed by atoms with Gasteiger partial charge in [-0.25, -0.2) is 4.39 Å². The fourth-order valence-electron chi connectivity index (χ4n) is 4.29. The first-order chi connectivity index (χ1) is 17.8. The Morgan fingerprint density at radius 2 is 2.16 bits per heavy atom. The second-order valence-corrected chi connectivity index (χ2v) is 9.85. The van der Waals surface area contributed by atoms with Crippen LogP contribution >= 0.6 is 11.6 Å². The Kier molecular flexibility index (Phi) is 8.34. The molecule has 8 nitrogen and oxygen atoms in total. The summed E-state index contributed by atoms with van der Waals surface area (Å²) < 4.78 is 19.3. The van der Waals surface area contributed by atoms with Gasteiger partial charge in [0.05, 0.1) is 33.5 Å². The van der Waals surface area contributed by atoms with Gasteiger partial charge in [-0.3, -0.25) is 4.98 Å². The molecule has 3 heterocycles. The number of hydrazine groups is 2. The van der Waals surface area contributed by atoms with Crippen LogP contribution in [0.15, 0.2) is 66.4 Å². The molecule has 10 heteroatoms. The van der Waals surface area contributed by atoms with Crippen molar-refractivity contribution >= 4 is 33.9 Å². The number of allylic oxidation sites excluding steroid dienone is 3. The lowest BCUT2D eigenvalue weighted by molar-refractivity contribution is 0.0300. The van der Waals surface area contributed by atoms with Crippen LogP contribution in [-0.4, -0.2) is 30.8 Å². The summed E-state index contributed by atoms with van der Waals surface area (Å²) in [4.78, 5) is 4.45. The highest BCUT2D eigenvalue weighted by Crippen LogP contribution is 2.36. The molecule has 0 unspecified atom stereocenters. The van der Waals surface area contributed by atoms with Gasteiger partial charge in [-0.05, 0) is 49.0 Å². The van der Waals surface area contributed by atoms with Crippen LogP contribution in [0.2, 0.25) is 5.02 Å². The highest BCUT2D eigenvalue weighted by molar-refractivity contribution is 6.35. The highest BCUT2D eigenvalue weighted by Gasteiger charge is 2.28. The van der Waals surface area contributed by atoms with Crippen molar-refractivity contribution < 1.29 is 9.13 Å². The lowest BCUT2D eigenvalue weighted by Crippen LogP contribution is -2.37. The van der Waals surface area contributed by atoms with Crippen molar-refractivity contribution in [2.24, 2.45) is 5.41 Å². The van der Waals surface area contributed by atoms with Crippen molar-refractivity contribution in [1.82, 2.24) is 21.4 Å². The molecular weight excluding hydrogens is 493 g/mol. The Labute approximate surface area is 221 Å². The molecule has 37 heavy (non-hydrogen) atoms. The summed E-state index contributed by atoms with van der Waals surface area (Å²) in [5.74, 6) is -0.359. The second-order valence-electron chi connectivity index (χ2n) is 9.44. The van der Waals surface area contributed by atoms with Gasteiger partial charge >= 0.3 is 0 Å². The van der Waals surface area contributed by atoms with Gasteiger partial charge in [0.25, 0.3) is 0 Å². The zero-order valence-corrected chi connectivity index (χ0v) is 21.7. The van der Waals surface area contributed by atoms with E-state index in [-0.39, 0.29) is 11.2 Å². The van der Waals surface area contributed by atoms with Crippen molar-refractivity contribution in [2.75, 3.05) is 30.4 Å². The summed E-state index contributed by atoms with van der Waals surface area (Å²) in [5, 5.41) is 17.9. The van der Waals surface area contributed by atoms with Crippen LogP contribution in [0.5, 0.6) is 0 Å². The SMILES string of the molecule is C=C(/C=C\C(F)=C/C)[C@H](Nc1cc(Cl)c2ncc(C#N)c(NCC3(C)CCOCC3)c2c1)C1=CNNN1. The molecule has 0 saturated carbocycles. The first-order valence-corrected chi connectivity index (χ1v) is 12.5. The smallest absolute Gasteiger partial charge is 0.118 e. The van der Waals surface area contributed by atoms with Crippen LogP contribution in [0, 0.1) is 16.7 Å². The Bertz CT molecular complexity index is 1310. The minimum absolute atomic E-state index is 0.0538. The van der Waals surface area contributed by atoms with E-state index >= 15 is 0 Å². The molecule has 5 N–H and O–H groups in total. The number of pyridine rings is 1. The van der Waals surface area contributed by atoms with Crippen LogP contribution in [0.4, 0.5) is 15.8 Å². The molecule has 0 bridgehead atoms. The van der Waals surface area contributed by atoms with Gasteiger partial charge in [0.1, 0.15) is 11.9 Å². The van der Waals surface area contributed by atoms with Crippen LogP contribution in [-0.2, 0) is 4.74 Å². The first kappa shape index (κ1) is 26.5. The maximum Gasteiger partial charge on any atom is 0.118 e. The Morgan fingerprint density at radius 3 is 2.84 bits per heavy atom. The standard InChI is InChI=1S/C27H31ClFN7O/c1-4-19(29)6-5-17(2)24(23-15-33-36-35-23)34-20-11-21-25(32-16-27(3)7-9-37-10-8-27)18(13-30)14-31-26(21)22(28)12-20/h4-6,11-12,14-15,24,33-36H,2,7-10,16H2,1,3H3,(H,31,32)/b6-5-,19-4+/t24-/m0/s1. The topological polar surface area (TPSA) is 106 Å². The molecule has 1 atom stereocenters. The van der Waals surface area contributed by atoms with Crippen molar-refractivity contribution in [3.05, 3.63) is 77.0 Å². The quantitative estimate of drug-likeness (QED) is 0.285. The summed E-state index contributed by atoms with van der Waals surface area (Å²) in [6.07, 6.45) is 9.53. The van der Waals surface area contributed by atoms with Crippen LogP contribution in [0.25, 0.3) is 10.9 Å². The van der Waals surface area contributed by atoms with E-state index in [1.165, 1.54) is 12.2 Å². The molecule has 194 valence electrons. The third-order valence-corrected chi connectivity index (χ3v) is 6.96. The van der Waals surface area contributed by atoms with Gasteiger partial charge in [0.2, 0.25) is 0 Å². The minimum atomic E-state index is -0.429. The largest absolute Gasteiger partial charge is 0.383 e. The Morgan fingerprint density at radius 1 is 1.38 bits per heavy atom. The number of fused-ring (bicyclic) bond motifs is 1. The monoisotopic (exact) mass is 523 g/mol. The van der Waals surface area contributed by atoms with Crippen molar-refractivity contribution in [1.29, 1.82) is 5.26 Å². The van der Waals surface area contributed by atoms with Crippen LogP contribution < -0.4 is 27.0 Å². The number of hydrogen-bond donors (Lipinski definition) is 5. The van der Waals surface area contributed by atoms with Gasteiger partial charge in [-0.2, -0.15) is 10.8 Å². The number of aromatic nitrogens is 1. The number of nitrogens with zero attached hydrogens (tertiary/aromatic N) is 2. The third-order valence-electron chi connectivity index (χ3n) is 6.67. The molecule has 1 aromatic heterocycles. The van der Waals surface area contributed by atoms with E-state index in [0.29, 0.717) is 39.6 Å². The normalized spacial score (nSPS) is 18.0. The zero-order valence-electron chi connectivity index (χ0n) is 20.9. The predicted molar refractivity (Wildman–Crippen MR) is 146 cm³/mol. The fraction of sp³-hybridized carbons (Fsp3) is 0.333. The van der Waals surface area contributed by atoms with E-state index in [1.54, 1.807) is 31.5 Å². The number of halogens is 2. The highest BCUT2D eigenvalue weighted by atomic mass is 35.5. The molecule has 0 amide bonds. The summed E-state index contributed by atoms with van der Waals surface area (Å²) >= 11 is 6.67. The molecule has 1 saturated heterocycles. The van der Waals surface area contributed by atoms with Crippen molar-refractivity contribution in [3.8, 4) is 6.07 Å². The average molecular weight is 524 g/mol. The number of nitrogens with one attached hydrogen (secondary N) is 5. The lowest BCUT2D eigenvalue weighted by Gasteiger charge is -2.34. The molecule has 2 aliphatic heterocycles. The first-order valence-electron chi connectivity index (χ1n) is 12.1. The predicted octanol–water partition coefficient (Wildman–Crippen LogP) is 5.21. The van der Waals surface area contributed by atoms with Gasteiger partial charge < -0.3 is 26.2 Å². The number of ether oxygens (including phenoxy) is 1. The Balaban J connectivity index is 1.69. The molecule has 2 aliphatic rings. The summed E-state index contributed by atoms with van der Waals surface area (Å²) in [5.41, 5.74) is 12.6. The number of rotatable bonds is 9. The molecular formula is C27H31ClFN7O. The minimum Gasteiger partial charge on any atom is -0.383 e. The third kappa shape index (κ3) is 6.23. The second kappa shape index (κ2) is 11.6. The molecule has 1 fully saturated rings. The van der Waals surface area contributed by atoms with Gasteiger partial charge in [-0.1, -0.05) is 37.3 Å². The maximum atomic E-state index is 13.7. The maximum absolute atomic E-state index is 13.7. The Hall–Kier alpha value is -3.58. The molecule has 0 spiro atoms.